The van der Waals surface area contributed by atoms with Gasteiger partial charge in [-0.1, -0.05) is 48.5 Å². The van der Waals surface area contributed by atoms with E-state index in [1.54, 1.807) is 4.90 Å². The fourth-order valence-corrected chi connectivity index (χ4v) is 4.03. The minimum Gasteiger partial charge on any atom is -0.455 e. The van der Waals surface area contributed by atoms with E-state index in [0.29, 0.717) is 12.1 Å². The Morgan fingerprint density at radius 3 is 2.52 bits per heavy atom. The molecule has 0 radical (unpaired) electrons. The third-order valence-electron chi connectivity index (χ3n) is 5.49. The molecule has 130 valence electrons. The Morgan fingerprint density at radius 1 is 1.04 bits per heavy atom. The van der Waals surface area contributed by atoms with Gasteiger partial charge in [0, 0.05) is 23.8 Å². The van der Waals surface area contributed by atoms with Crippen molar-refractivity contribution in [3.05, 3.63) is 72.0 Å². The molecule has 3 N–H and O–H groups in total. The normalized spacial score (nSPS) is 22.1. The maximum Gasteiger partial charge on any atom is 0.162 e. The lowest BCUT2D eigenvalue weighted by atomic mass is 10.0. The number of hydrogen-bond donors (Lipinski definition) is 2. The number of fused-ring (bicyclic) bond motifs is 1. The average molecular weight is 336 g/mol. The first-order valence-electron chi connectivity index (χ1n) is 9.49. The summed E-state index contributed by atoms with van der Waals surface area (Å²) in [5.41, 5.74) is 2.45. The minimum absolute atomic E-state index is 0.382. The summed E-state index contributed by atoms with van der Waals surface area (Å²) in [6.45, 7) is 5.96. The van der Waals surface area contributed by atoms with Gasteiger partial charge in [0.05, 0.1) is 19.1 Å². The molecule has 0 spiro atoms. The maximum absolute atomic E-state index is 6.04. The van der Waals surface area contributed by atoms with E-state index in [0.717, 1.165) is 17.9 Å². The van der Waals surface area contributed by atoms with Crippen molar-refractivity contribution in [2.75, 3.05) is 13.1 Å². The van der Waals surface area contributed by atoms with Gasteiger partial charge in [0.2, 0.25) is 0 Å². The van der Waals surface area contributed by atoms with Crippen molar-refractivity contribution >= 4 is 11.0 Å². The average Bonchev–Trinajstić information content (AvgIpc) is 3.09. The second kappa shape index (κ2) is 7.42. The second-order valence-electron chi connectivity index (χ2n) is 7.42. The topological polar surface area (TPSA) is 34.2 Å². The SMILES string of the molecule is C[C@@H]([NH2+]C1CC[NH+](Cc2ccccc2)CC1)c1cc2ccccc2o1. The van der Waals surface area contributed by atoms with Gasteiger partial charge in [0.25, 0.3) is 0 Å². The lowest BCUT2D eigenvalue weighted by molar-refractivity contribution is -0.927. The first-order valence-corrected chi connectivity index (χ1v) is 9.49. The molecule has 4 rings (SSSR count). The molecule has 0 bridgehead atoms. The van der Waals surface area contributed by atoms with Crippen LogP contribution in [0.15, 0.2) is 65.1 Å². The molecule has 1 fully saturated rings. The molecule has 3 aromatic rings. The van der Waals surface area contributed by atoms with E-state index < -0.39 is 0 Å². The molecule has 3 heteroatoms. The predicted octanol–water partition coefficient (Wildman–Crippen LogP) is 2.30. The van der Waals surface area contributed by atoms with E-state index in [-0.39, 0.29) is 0 Å². The Morgan fingerprint density at radius 2 is 1.76 bits per heavy atom. The summed E-state index contributed by atoms with van der Waals surface area (Å²) in [5.74, 6) is 1.10. The highest BCUT2D eigenvalue weighted by molar-refractivity contribution is 5.77. The second-order valence-corrected chi connectivity index (χ2v) is 7.42. The summed E-state index contributed by atoms with van der Waals surface area (Å²) in [7, 11) is 0. The van der Waals surface area contributed by atoms with Gasteiger partial charge >= 0.3 is 0 Å². The fraction of sp³-hybridized carbons (Fsp3) is 0.364. The minimum atomic E-state index is 0.382. The van der Waals surface area contributed by atoms with Crippen molar-refractivity contribution in [1.29, 1.82) is 0 Å². The third kappa shape index (κ3) is 3.94. The highest BCUT2D eigenvalue weighted by Crippen LogP contribution is 2.22. The van der Waals surface area contributed by atoms with Gasteiger partial charge in [-0.05, 0) is 19.1 Å². The standard InChI is InChI=1S/C22H26N2O/c1-17(22-15-19-9-5-6-10-21(19)25-22)23-20-11-13-24(14-12-20)16-18-7-3-2-4-8-18/h2-10,15,17,20,23H,11-14,16H2,1H3/p+2/t17-/m1/s1. The molecule has 25 heavy (non-hydrogen) atoms. The Bertz CT molecular complexity index is 770. The number of rotatable bonds is 5. The van der Waals surface area contributed by atoms with Crippen LogP contribution in [-0.4, -0.2) is 19.1 Å². The van der Waals surface area contributed by atoms with Crippen molar-refractivity contribution in [3.63, 3.8) is 0 Å². The van der Waals surface area contributed by atoms with Crippen LogP contribution >= 0.6 is 0 Å². The van der Waals surface area contributed by atoms with Crippen LogP contribution in [0, 0.1) is 0 Å². The van der Waals surface area contributed by atoms with Crippen LogP contribution in [0.25, 0.3) is 11.0 Å². The highest BCUT2D eigenvalue weighted by atomic mass is 16.3. The molecule has 1 aliphatic heterocycles. The molecule has 2 heterocycles. The Hall–Kier alpha value is -2.10. The van der Waals surface area contributed by atoms with E-state index in [1.165, 1.54) is 36.9 Å². The molecule has 0 aliphatic carbocycles. The number of quaternary nitrogens is 2. The van der Waals surface area contributed by atoms with Gasteiger partial charge in [-0.3, -0.25) is 0 Å². The number of furan rings is 1. The summed E-state index contributed by atoms with van der Waals surface area (Å²) >= 11 is 0. The predicted molar refractivity (Wildman–Crippen MR) is 100 cm³/mol. The number of hydrogen-bond acceptors (Lipinski definition) is 1. The van der Waals surface area contributed by atoms with Gasteiger partial charge in [0.1, 0.15) is 18.2 Å². The number of nitrogens with one attached hydrogen (secondary N) is 1. The van der Waals surface area contributed by atoms with Crippen LogP contribution in [0.2, 0.25) is 0 Å². The lowest BCUT2D eigenvalue weighted by Crippen LogP contribution is -3.13. The smallest absolute Gasteiger partial charge is 0.162 e. The van der Waals surface area contributed by atoms with E-state index in [4.69, 9.17) is 4.42 Å². The fourth-order valence-electron chi connectivity index (χ4n) is 4.03. The Kier molecular flexibility index (Phi) is 4.86. The van der Waals surface area contributed by atoms with Crippen LogP contribution in [0.5, 0.6) is 0 Å². The number of benzene rings is 2. The summed E-state index contributed by atoms with van der Waals surface area (Å²) in [6, 6.07) is 22.5. The lowest BCUT2D eigenvalue weighted by Gasteiger charge is -2.29. The zero-order chi connectivity index (χ0) is 17.1. The molecule has 3 nitrogen and oxygen atoms in total. The van der Waals surface area contributed by atoms with Crippen molar-refractivity contribution in [3.8, 4) is 0 Å². The summed E-state index contributed by atoms with van der Waals surface area (Å²) in [4.78, 5) is 1.72. The van der Waals surface area contributed by atoms with E-state index in [2.05, 4.69) is 66.8 Å². The summed E-state index contributed by atoms with van der Waals surface area (Å²) < 4.78 is 6.04. The van der Waals surface area contributed by atoms with Crippen molar-refractivity contribution < 1.29 is 14.6 Å². The number of para-hydroxylation sites is 1. The zero-order valence-corrected chi connectivity index (χ0v) is 14.9. The molecule has 0 unspecified atom stereocenters. The van der Waals surface area contributed by atoms with Crippen LogP contribution in [0.3, 0.4) is 0 Å². The molecule has 1 aliphatic rings. The Labute approximate surface area is 149 Å². The first-order chi connectivity index (χ1) is 12.3. The van der Waals surface area contributed by atoms with Crippen LogP contribution < -0.4 is 10.2 Å². The van der Waals surface area contributed by atoms with Gasteiger partial charge in [-0.15, -0.1) is 0 Å². The number of piperidine rings is 1. The van der Waals surface area contributed by atoms with Crippen LogP contribution in [0.4, 0.5) is 0 Å². The zero-order valence-electron chi connectivity index (χ0n) is 14.9. The van der Waals surface area contributed by atoms with Gasteiger partial charge in [0.15, 0.2) is 5.76 Å². The molecule has 0 saturated carbocycles. The molecule has 1 atom stereocenters. The van der Waals surface area contributed by atoms with Crippen molar-refractivity contribution in [1.82, 2.24) is 0 Å². The van der Waals surface area contributed by atoms with Gasteiger partial charge < -0.3 is 14.6 Å². The molecular weight excluding hydrogens is 308 g/mol. The molecule has 1 saturated heterocycles. The molecule has 1 aromatic heterocycles. The highest BCUT2D eigenvalue weighted by Gasteiger charge is 2.27. The summed E-state index contributed by atoms with van der Waals surface area (Å²) in [5, 5.41) is 3.72. The quantitative estimate of drug-likeness (QED) is 0.737. The molecular formula is C22H28N2O+2. The number of likely N-dealkylation sites (tertiary alicyclic amines) is 1. The monoisotopic (exact) mass is 336 g/mol. The first kappa shape index (κ1) is 16.4. The summed E-state index contributed by atoms with van der Waals surface area (Å²) in [6.07, 6.45) is 2.57. The van der Waals surface area contributed by atoms with E-state index in [9.17, 15) is 0 Å². The van der Waals surface area contributed by atoms with Crippen molar-refractivity contribution in [2.45, 2.75) is 38.4 Å². The van der Waals surface area contributed by atoms with Gasteiger partial charge in [-0.2, -0.15) is 0 Å². The number of nitrogens with two attached hydrogens (primary N) is 1. The maximum atomic E-state index is 6.04. The van der Waals surface area contributed by atoms with E-state index >= 15 is 0 Å². The van der Waals surface area contributed by atoms with Crippen LogP contribution in [-0.2, 0) is 6.54 Å². The van der Waals surface area contributed by atoms with Crippen LogP contribution in [0.1, 0.15) is 37.1 Å². The van der Waals surface area contributed by atoms with E-state index in [1.807, 2.05) is 6.07 Å². The third-order valence-corrected chi connectivity index (χ3v) is 5.49. The molecule has 2 aromatic carbocycles. The van der Waals surface area contributed by atoms with Crippen molar-refractivity contribution in [2.24, 2.45) is 0 Å². The van der Waals surface area contributed by atoms with Gasteiger partial charge in [-0.25, -0.2) is 0 Å². The molecule has 0 amide bonds. The Balaban J connectivity index is 1.30. The largest absolute Gasteiger partial charge is 0.455 e.